The predicted molar refractivity (Wildman–Crippen MR) is 265 cm³/mol. The molecule has 0 amide bonds. The minimum Gasteiger partial charge on any atom is -0.456 e. The van der Waals surface area contributed by atoms with Gasteiger partial charge in [0, 0.05) is 49.4 Å². The van der Waals surface area contributed by atoms with Crippen LogP contribution in [0.25, 0.3) is 93.1 Å². The molecular formula is C55H37IN4O. The van der Waals surface area contributed by atoms with Crippen LogP contribution < -0.4 is 5.32 Å². The Hall–Kier alpha value is -7.16. The molecule has 0 radical (unpaired) electrons. The molecule has 0 fully saturated rings. The summed E-state index contributed by atoms with van der Waals surface area (Å²) in [6.45, 7) is 0. The maximum Gasteiger partial charge on any atom is 0.201 e. The lowest BCUT2D eigenvalue weighted by molar-refractivity contribution is 0.625. The third-order valence-corrected chi connectivity index (χ3v) is 12.3. The Morgan fingerprint density at radius 2 is 1.18 bits per heavy atom. The highest BCUT2D eigenvalue weighted by molar-refractivity contribution is 14.1. The van der Waals surface area contributed by atoms with E-state index < -0.39 is 6.29 Å². The molecule has 0 saturated heterocycles. The second kappa shape index (κ2) is 14.2. The van der Waals surface area contributed by atoms with Gasteiger partial charge in [0.1, 0.15) is 11.2 Å². The van der Waals surface area contributed by atoms with Crippen LogP contribution in [0.4, 0.5) is 5.69 Å². The number of rotatable bonds is 4. The summed E-state index contributed by atoms with van der Waals surface area (Å²) in [4.78, 5) is 7.55. The molecule has 6 heteroatoms. The highest BCUT2D eigenvalue weighted by Crippen LogP contribution is 2.43. The fourth-order valence-electron chi connectivity index (χ4n) is 9.73. The first-order valence-electron chi connectivity index (χ1n) is 20.5. The van der Waals surface area contributed by atoms with Crippen LogP contribution >= 0.6 is 22.6 Å². The molecule has 9 aromatic carbocycles. The number of halogens is 1. The Morgan fingerprint density at radius 1 is 0.492 bits per heavy atom. The van der Waals surface area contributed by atoms with E-state index in [0.29, 0.717) is 0 Å². The van der Waals surface area contributed by atoms with E-state index in [1.807, 2.05) is 17.1 Å². The van der Waals surface area contributed by atoms with Crippen molar-refractivity contribution in [1.29, 1.82) is 0 Å². The summed E-state index contributed by atoms with van der Waals surface area (Å²) in [7, 11) is 0. The number of alkyl halides is 1. The lowest BCUT2D eigenvalue weighted by atomic mass is 9.96. The van der Waals surface area contributed by atoms with Gasteiger partial charge in [-0.15, -0.1) is 0 Å². The number of nitrogens with zero attached hydrogens (tertiary/aromatic N) is 3. The SMILES string of the molecule is CI.c1ccc(-n2c3ccc(-c4ccc(C5=NC(n6c7ccccc7c7ccc8oc9ccccc9c8c76)Nc6ccccc65)cc4)cc3c3c4ccccc4ccc32)cc1. The van der Waals surface area contributed by atoms with Gasteiger partial charge in [-0.2, -0.15) is 0 Å². The third-order valence-electron chi connectivity index (χ3n) is 12.3. The van der Waals surface area contributed by atoms with E-state index in [-0.39, 0.29) is 0 Å². The monoisotopic (exact) mass is 896 g/mol. The molecule has 1 N–H and O–H groups in total. The second-order valence-electron chi connectivity index (χ2n) is 15.5. The predicted octanol–water partition coefficient (Wildman–Crippen LogP) is 15.1. The first kappa shape index (κ1) is 35.8. The van der Waals surface area contributed by atoms with Crippen LogP contribution in [-0.4, -0.2) is 19.8 Å². The molecule has 0 aliphatic carbocycles. The molecular weight excluding hydrogens is 860 g/mol. The number of fused-ring (bicyclic) bond motifs is 13. The number of furan rings is 1. The van der Waals surface area contributed by atoms with E-state index in [2.05, 4.69) is 219 Å². The fraction of sp³-hybridized carbons (Fsp3) is 0.0364. The van der Waals surface area contributed by atoms with Crippen LogP contribution in [0.3, 0.4) is 0 Å². The van der Waals surface area contributed by atoms with Crippen LogP contribution in [-0.2, 0) is 0 Å². The van der Waals surface area contributed by atoms with E-state index in [1.54, 1.807) is 0 Å². The first-order valence-corrected chi connectivity index (χ1v) is 22.7. The molecule has 12 aromatic rings. The molecule has 0 bridgehead atoms. The summed E-state index contributed by atoms with van der Waals surface area (Å²) in [6.07, 6.45) is -0.402. The van der Waals surface area contributed by atoms with Crippen LogP contribution in [0.2, 0.25) is 0 Å². The average Bonchev–Trinajstić information content (AvgIpc) is 4.00. The van der Waals surface area contributed by atoms with Gasteiger partial charge in [0.05, 0.1) is 33.2 Å². The van der Waals surface area contributed by atoms with Crippen LogP contribution in [0.1, 0.15) is 17.4 Å². The maximum absolute atomic E-state index is 6.41. The van der Waals surface area contributed by atoms with Crippen LogP contribution in [0, 0.1) is 0 Å². The van der Waals surface area contributed by atoms with E-state index in [4.69, 9.17) is 9.41 Å². The van der Waals surface area contributed by atoms with E-state index in [9.17, 15) is 0 Å². The van der Waals surface area contributed by atoms with Gasteiger partial charge in [-0.05, 0) is 87.5 Å². The highest BCUT2D eigenvalue weighted by atomic mass is 127. The number of para-hydroxylation sites is 4. The molecule has 1 aliphatic heterocycles. The molecule has 0 spiro atoms. The summed E-state index contributed by atoms with van der Waals surface area (Å²) in [5, 5.41) is 13.4. The molecule has 3 aromatic heterocycles. The van der Waals surface area contributed by atoms with Crippen molar-refractivity contribution in [3.8, 4) is 16.8 Å². The van der Waals surface area contributed by atoms with Crippen LogP contribution in [0.5, 0.6) is 0 Å². The van der Waals surface area contributed by atoms with Gasteiger partial charge < -0.3 is 14.3 Å². The molecule has 13 rings (SSSR count). The van der Waals surface area contributed by atoms with E-state index in [0.717, 1.165) is 66.7 Å². The zero-order chi connectivity index (χ0) is 40.6. The third kappa shape index (κ3) is 5.48. The van der Waals surface area contributed by atoms with Crippen molar-refractivity contribution >= 4 is 110 Å². The van der Waals surface area contributed by atoms with Gasteiger partial charge in [0.25, 0.3) is 0 Å². The Bertz CT molecular complexity index is 3710. The van der Waals surface area contributed by atoms with Crippen LogP contribution in [0.15, 0.2) is 204 Å². The topological polar surface area (TPSA) is 47.4 Å². The number of nitrogens with one attached hydrogen (secondary N) is 1. The van der Waals surface area contributed by atoms with E-state index >= 15 is 0 Å². The smallest absolute Gasteiger partial charge is 0.201 e. The molecule has 4 heterocycles. The van der Waals surface area contributed by atoms with Gasteiger partial charge in [0.15, 0.2) is 0 Å². The Morgan fingerprint density at radius 3 is 2.05 bits per heavy atom. The summed E-state index contributed by atoms with van der Waals surface area (Å²) in [6, 6.07) is 69.5. The average molecular weight is 897 g/mol. The minimum absolute atomic E-state index is 0.402. The van der Waals surface area contributed by atoms with Gasteiger partial charge in [-0.1, -0.05) is 156 Å². The van der Waals surface area contributed by atoms with Crippen molar-refractivity contribution in [3.05, 3.63) is 205 Å². The van der Waals surface area contributed by atoms with Gasteiger partial charge >= 0.3 is 0 Å². The van der Waals surface area contributed by atoms with E-state index in [1.165, 1.54) is 48.9 Å². The molecule has 61 heavy (non-hydrogen) atoms. The largest absolute Gasteiger partial charge is 0.456 e. The lowest BCUT2D eigenvalue weighted by Crippen LogP contribution is -2.24. The molecule has 1 aliphatic rings. The van der Waals surface area contributed by atoms with Gasteiger partial charge in [-0.25, -0.2) is 4.99 Å². The number of aliphatic imine (C=N–C) groups is 1. The Labute approximate surface area is 365 Å². The Kier molecular flexibility index (Phi) is 8.35. The summed E-state index contributed by atoms with van der Waals surface area (Å²) >= 11 is 2.15. The fourth-order valence-corrected chi connectivity index (χ4v) is 9.73. The molecule has 290 valence electrons. The molecule has 5 nitrogen and oxygen atoms in total. The number of aromatic nitrogens is 2. The number of benzene rings is 9. The lowest BCUT2D eigenvalue weighted by Gasteiger charge is -2.28. The van der Waals surface area contributed by atoms with Crippen molar-refractivity contribution in [3.63, 3.8) is 0 Å². The van der Waals surface area contributed by atoms with Gasteiger partial charge in [-0.3, -0.25) is 4.57 Å². The van der Waals surface area contributed by atoms with Crippen molar-refractivity contribution < 1.29 is 4.42 Å². The Balaban J connectivity index is 0.00000197. The molecule has 0 saturated carbocycles. The van der Waals surface area contributed by atoms with Crippen molar-refractivity contribution in [2.75, 3.05) is 10.2 Å². The minimum atomic E-state index is -0.402. The summed E-state index contributed by atoms with van der Waals surface area (Å²) in [5.41, 5.74) is 14.0. The molecule has 1 atom stereocenters. The number of hydrogen-bond donors (Lipinski definition) is 1. The summed E-state index contributed by atoms with van der Waals surface area (Å²) < 4.78 is 11.2. The number of anilines is 1. The quantitative estimate of drug-likeness (QED) is 0.141. The van der Waals surface area contributed by atoms with Crippen molar-refractivity contribution in [2.45, 2.75) is 6.29 Å². The molecule has 1 unspecified atom stereocenters. The van der Waals surface area contributed by atoms with Crippen molar-refractivity contribution in [1.82, 2.24) is 9.13 Å². The standard InChI is InChI=1S/C54H34N4O.CH3I/c1-2-13-37(14-3-1)57-46-29-27-36(32-43(46)50-38-15-5-4-12-34(38)26-30-47(50)57)33-22-24-35(25-23-33)52-41-17-6-9-19-44(41)55-54(56-52)58-45-20-10-7-16-39(45)40-28-31-49-51(53(40)58)42-18-8-11-21-48(42)59-49;1-2/h1-32,54-55H;1H3. The number of hydrogen-bond acceptors (Lipinski definition) is 3. The van der Waals surface area contributed by atoms with Crippen molar-refractivity contribution in [2.24, 2.45) is 4.99 Å². The normalized spacial score (nSPS) is 13.8. The maximum atomic E-state index is 6.41. The second-order valence-corrected chi connectivity index (χ2v) is 15.5. The van der Waals surface area contributed by atoms with Gasteiger partial charge in [0.2, 0.25) is 6.29 Å². The zero-order valence-electron chi connectivity index (χ0n) is 33.2. The first-order chi connectivity index (χ1) is 30.3. The summed E-state index contributed by atoms with van der Waals surface area (Å²) in [5.74, 6) is 0. The zero-order valence-corrected chi connectivity index (χ0v) is 35.3. The highest BCUT2D eigenvalue weighted by Gasteiger charge is 2.27.